The smallest absolute Gasteiger partial charge is 0.369 e. The molecule has 1 aromatic heterocycles. The van der Waals surface area contributed by atoms with Crippen LogP contribution in [0.15, 0.2) is 6.07 Å². The first-order valence-electron chi connectivity index (χ1n) is 7.31. The van der Waals surface area contributed by atoms with Crippen LogP contribution in [0.1, 0.15) is 31.4 Å². The molecule has 2 rings (SSSR count). The van der Waals surface area contributed by atoms with Crippen LogP contribution in [-0.2, 0) is 11.0 Å². The summed E-state index contributed by atoms with van der Waals surface area (Å²) in [4.78, 5) is 20.7. The van der Waals surface area contributed by atoms with Crippen LogP contribution < -0.4 is 16.0 Å². The van der Waals surface area contributed by atoms with Crippen LogP contribution in [0.5, 0.6) is 0 Å². The number of hydrogen-bond donors (Lipinski definition) is 2. The normalized spacial score (nSPS) is 17.1. The summed E-state index contributed by atoms with van der Waals surface area (Å²) < 4.78 is 38.8. The summed E-state index contributed by atoms with van der Waals surface area (Å²) >= 11 is 0. The predicted octanol–water partition coefficient (Wildman–Crippen LogP) is 2.02. The molecule has 128 valence electrons. The highest BCUT2D eigenvalue weighted by Crippen LogP contribution is 2.38. The van der Waals surface area contributed by atoms with Gasteiger partial charge in [-0.1, -0.05) is 12.8 Å². The minimum atomic E-state index is -4.57. The molecule has 0 aliphatic heterocycles. The fraction of sp³-hybridized carbons (Fsp3) is 0.643. The molecular weight excluding hydrogens is 311 g/mol. The van der Waals surface area contributed by atoms with Gasteiger partial charge in [0.25, 0.3) is 0 Å². The third-order valence-corrected chi connectivity index (χ3v) is 4.13. The maximum Gasteiger partial charge on any atom is 0.433 e. The highest BCUT2D eigenvalue weighted by Gasteiger charge is 2.40. The third kappa shape index (κ3) is 3.83. The van der Waals surface area contributed by atoms with E-state index in [-0.39, 0.29) is 18.3 Å². The minimum Gasteiger partial charge on any atom is -0.369 e. The average molecular weight is 331 g/mol. The van der Waals surface area contributed by atoms with E-state index < -0.39 is 23.2 Å². The summed E-state index contributed by atoms with van der Waals surface area (Å²) in [5, 5.41) is 2.77. The summed E-state index contributed by atoms with van der Waals surface area (Å²) in [7, 11) is 3.18. The molecule has 9 heteroatoms. The van der Waals surface area contributed by atoms with E-state index in [4.69, 9.17) is 5.73 Å². The summed E-state index contributed by atoms with van der Waals surface area (Å²) in [5.41, 5.74) is 3.70. The number of halogens is 3. The van der Waals surface area contributed by atoms with Gasteiger partial charge in [0.1, 0.15) is 5.82 Å². The van der Waals surface area contributed by atoms with Crippen LogP contribution >= 0.6 is 0 Å². The Morgan fingerprint density at radius 3 is 2.43 bits per heavy atom. The van der Waals surface area contributed by atoms with Crippen LogP contribution in [-0.4, -0.2) is 36.5 Å². The van der Waals surface area contributed by atoms with Crippen molar-refractivity contribution in [3.8, 4) is 0 Å². The average Bonchev–Trinajstić information content (AvgIpc) is 2.94. The molecule has 0 saturated heterocycles. The first-order chi connectivity index (χ1) is 10.6. The van der Waals surface area contributed by atoms with Crippen molar-refractivity contribution in [2.24, 2.45) is 11.1 Å². The van der Waals surface area contributed by atoms with Gasteiger partial charge in [0, 0.05) is 26.7 Å². The number of carbonyl (C=O) groups is 1. The standard InChI is InChI=1S/C14H20F3N5O/c1-22(2)10-7-9(14(15,16)17)20-12(21-10)19-8-13(11(18)23)5-3-4-6-13/h7H,3-6,8H2,1-2H3,(H2,18,23)(H,19,20,21). The Bertz CT molecular complexity index is 582. The lowest BCUT2D eigenvalue weighted by molar-refractivity contribution is -0.141. The van der Waals surface area contributed by atoms with Crippen molar-refractivity contribution in [2.75, 3.05) is 30.9 Å². The Labute approximate surface area is 132 Å². The van der Waals surface area contributed by atoms with Crippen molar-refractivity contribution < 1.29 is 18.0 Å². The number of rotatable bonds is 5. The number of anilines is 2. The molecule has 6 nitrogen and oxygen atoms in total. The Morgan fingerprint density at radius 2 is 1.96 bits per heavy atom. The van der Waals surface area contributed by atoms with E-state index in [0.717, 1.165) is 18.9 Å². The Kier molecular flexibility index (Phi) is 4.67. The van der Waals surface area contributed by atoms with Gasteiger partial charge in [-0.05, 0) is 12.8 Å². The number of nitrogens with one attached hydrogen (secondary N) is 1. The van der Waals surface area contributed by atoms with Gasteiger partial charge in [-0.25, -0.2) is 4.98 Å². The Balaban J connectivity index is 2.25. The number of hydrogen-bond acceptors (Lipinski definition) is 5. The lowest BCUT2D eigenvalue weighted by atomic mass is 9.85. The molecule has 1 heterocycles. The topological polar surface area (TPSA) is 84.1 Å². The molecule has 0 bridgehead atoms. The predicted molar refractivity (Wildman–Crippen MR) is 79.9 cm³/mol. The Morgan fingerprint density at radius 1 is 1.35 bits per heavy atom. The summed E-state index contributed by atoms with van der Waals surface area (Å²) in [5.74, 6) is -0.465. The zero-order valence-electron chi connectivity index (χ0n) is 13.1. The number of aromatic nitrogens is 2. The van der Waals surface area contributed by atoms with Gasteiger partial charge in [-0.15, -0.1) is 0 Å². The van der Waals surface area contributed by atoms with Gasteiger partial charge in [0.15, 0.2) is 5.69 Å². The molecule has 1 aliphatic carbocycles. The second-order valence-corrected chi connectivity index (χ2v) is 6.03. The van der Waals surface area contributed by atoms with E-state index in [1.165, 1.54) is 4.90 Å². The second-order valence-electron chi connectivity index (χ2n) is 6.03. The van der Waals surface area contributed by atoms with Crippen LogP contribution in [0, 0.1) is 5.41 Å². The molecule has 1 aromatic rings. The fourth-order valence-corrected chi connectivity index (χ4v) is 2.70. The Hall–Kier alpha value is -2.06. The van der Waals surface area contributed by atoms with Crippen molar-refractivity contribution in [1.29, 1.82) is 0 Å². The van der Waals surface area contributed by atoms with Gasteiger partial charge in [-0.2, -0.15) is 18.2 Å². The molecule has 1 amide bonds. The molecule has 0 unspecified atom stereocenters. The maximum atomic E-state index is 12.9. The van der Waals surface area contributed by atoms with Crippen molar-refractivity contribution in [1.82, 2.24) is 9.97 Å². The zero-order valence-corrected chi connectivity index (χ0v) is 13.1. The first-order valence-corrected chi connectivity index (χ1v) is 7.31. The number of carbonyl (C=O) groups excluding carboxylic acids is 1. The van der Waals surface area contributed by atoms with Gasteiger partial charge >= 0.3 is 6.18 Å². The monoisotopic (exact) mass is 331 g/mol. The second kappa shape index (κ2) is 6.21. The lowest BCUT2D eigenvalue weighted by Gasteiger charge is -2.25. The van der Waals surface area contributed by atoms with Gasteiger partial charge in [-0.3, -0.25) is 4.79 Å². The SMILES string of the molecule is CN(C)c1cc(C(F)(F)F)nc(NCC2(C(N)=O)CCCC2)n1. The van der Waals surface area contributed by atoms with E-state index in [0.29, 0.717) is 12.8 Å². The molecule has 3 N–H and O–H groups in total. The lowest BCUT2D eigenvalue weighted by Crippen LogP contribution is -2.40. The molecule has 1 fully saturated rings. The van der Waals surface area contributed by atoms with Crippen LogP contribution in [0.2, 0.25) is 0 Å². The molecule has 0 atom stereocenters. The zero-order chi connectivity index (χ0) is 17.3. The third-order valence-electron chi connectivity index (χ3n) is 4.13. The minimum absolute atomic E-state index is 0.134. The molecule has 0 radical (unpaired) electrons. The van der Waals surface area contributed by atoms with Crippen LogP contribution in [0.4, 0.5) is 24.9 Å². The van der Waals surface area contributed by atoms with Crippen molar-refractivity contribution >= 4 is 17.7 Å². The van der Waals surface area contributed by atoms with Crippen molar-refractivity contribution in [3.05, 3.63) is 11.8 Å². The van der Waals surface area contributed by atoms with Gasteiger partial charge < -0.3 is 16.0 Å². The molecular formula is C14H20F3N5O. The highest BCUT2D eigenvalue weighted by molar-refractivity contribution is 5.81. The number of primary amides is 1. The first kappa shape index (κ1) is 17.3. The van der Waals surface area contributed by atoms with Gasteiger partial charge in [0.2, 0.25) is 11.9 Å². The molecule has 0 aromatic carbocycles. The largest absolute Gasteiger partial charge is 0.433 e. The summed E-state index contributed by atoms with van der Waals surface area (Å²) in [6, 6.07) is 0.880. The van der Waals surface area contributed by atoms with Gasteiger partial charge in [0.05, 0.1) is 5.41 Å². The van der Waals surface area contributed by atoms with Crippen molar-refractivity contribution in [3.63, 3.8) is 0 Å². The number of nitrogens with zero attached hydrogens (tertiary/aromatic N) is 3. The summed E-state index contributed by atoms with van der Waals surface area (Å²) in [6.07, 6.45) is -1.59. The molecule has 0 spiro atoms. The van der Waals surface area contributed by atoms with E-state index in [9.17, 15) is 18.0 Å². The van der Waals surface area contributed by atoms with Crippen LogP contribution in [0.3, 0.4) is 0 Å². The number of alkyl halides is 3. The van der Waals surface area contributed by atoms with E-state index in [1.807, 2.05) is 0 Å². The summed E-state index contributed by atoms with van der Waals surface area (Å²) in [6.45, 7) is 0.135. The molecule has 1 aliphatic rings. The van der Waals surface area contributed by atoms with E-state index in [2.05, 4.69) is 15.3 Å². The molecule has 23 heavy (non-hydrogen) atoms. The van der Waals surface area contributed by atoms with E-state index in [1.54, 1.807) is 14.1 Å². The van der Waals surface area contributed by atoms with Crippen molar-refractivity contribution in [2.45, 2.75) is 31.9 Å². The maximum absolute atomic E-state index is 12.9. The number of amides is 1. The van der Waals surface area contributed by atoms with E-state index >= 15 is 0 Å². The highest BCUT2D eigenvalue weighted by atomic mass is 19.4. The molecule has 1 saturated carbocycles. The quantitative estimate of drug-likeness (QED) is 0.862. The van der Waals surface area contributed by atoms with Crippen LogP contribution in [0.25, 0.3) is 0 Å². The number of nitrogens with two attached hydrogens (primary N) is 1. The fourth-order valence-electron chi connectivity index (χ4n) is 2.70.